The van der Waals surface area contributed by atoms with Gasteiger partial charge in [-0.25, -0.2) is 0 Å². The number of rotatable bonds is 1. The van der Waals surface area contributed by atoms with Gasteiger partial charge in [0.2, 0.25) is 0 Å². The molecular formula is C13H16N2O2. The maximum absolute atomic E-state index is 10.2. The van der Waals surface area contributed by atoms with Gasteiger partial charge in [-0.05, 0) is 39.1 Å². The molecule has 0 saturated carbocycles. The molecule has 0 radical (unpaired) electrons. The minimum atomic E-state index is -0.658. The smallest absolute Gasteiger partial charge is 0.131 e. The molecule has 2 unspecified atom stereocenters. The van der Waals surface area contributed by atoms with E-state index in [2.05, 4.69) is 11.4 Å². The molecule has 1 aliphatic heterocycles. The molecule has 1 aromatic rings. The molecule has 0 fully saturated rings. The van der Waals surface area contributed by atoms with Gasteiger partial charge in [0.05, 0.1) is 17.7 Å². The van der Waals surface area contributed by atoms with Crippen LogP contribution in [0.4, 0.5) is 0 Å². The number of aliphatic hydroxyl groups excluding tert-OH is 1. The predicted molar refractivity (Wildman–Crippen MR) is 63.7 cm³/mol. The molecule has 2 atom stereocenters. The predicted octanol–water partition coefficient (Wildman–Crippen LogP) is 1.35. The Hall–Kier alpha value is -1.57. The van der Waals surface area contributed by atoms with Gasteiger partial charge in [-0.1, -0.05) is 0 Å². The molecule has 1 aliphatic rings. The van der Waals surface area contributed by atoms with Gasteiger partial charge in [0.1, 0.15) is 17.5 Å². The third-order valence-corrected chi connectivity index (χ3v) is 3.19. The van der Waals surface area contributed by atoms with Crippen LogP contribution in [0, 0.1) is 11.3 Å². The van der Waals surface area contributed by atoms with Gasteiger partial charge in [0.15, 0.2) is 0 Å². The number of aliphatic hydroxyl groups is 1. The molecule has 0 saturated heterocycles. The van der Waals surface area contributed by atoms with E-state index in [9.17, 15) is 5.11 Å². The van der Waals surface area contributed by atoms with Gasteiger partial charge in [0.25, 0.3) is 0 Å². The highest BCUT2D eigenvalue weighted by molar-refractivity contribution is 5.46. The SMILES string of the molecule is CNC1c2cc(C#N)ccc2OC(C)(C)C1O. The first-order valence-electron chi connectivity index (χ1n) is 5.58. The highest BCUT2D eigenvalue weighted by Crippen LogP contribution is 2.39. The Morgan fingerprint density at radius 3 is 2.76 bits per heavy atom. The summed E-state index contributed by atoms with van der Waals surface area (Å²) in [5.41, 5.74) is 0.757. The molecule has 0 spiro atoms. The maximum Gasteiger partial charge on any atom is 0.131 e. The molecule has 2 rings (SSSR count). The lowest BCUT2D eigenvalue weighted by molar-refractivity contribution is -0.0631. The number of likely N-dealkylation sites (N-methyl/N-ethyl adjacent to an activating group) is 1. The van der Waals surface area contributed by atoms with Crippen LogP contribution in [0.25, 0.3) is 0 Å². The second-order valence-electron chi connectivity index (χ2n) is 4.78. The van der Waals surface area contributed by atoms with Crippen molar-refractivity contribution in [3.8, 4) is 11.8 Å². The van der Waals surface area contributed by atoms with Gasteiger partial charge in [-0.2, -0.15) is 5.26 Å². The van der Waals surface area contributed by atoms with Crippen LogP contribution < -0.4 is 10.1 Å². The van der Waals surface area contributed by atoms with Crippen molar-refractivity contribution in [1.82, 2.24) is 5.32 Å². The largest absolute Gasteiger partial charge is 0.485 e. The molecule has 1 aromatic carbocycles. The van der Waals surface area contributed by atoms with E-state index >= 15 is 0 Å². The lowest BCUT2D eigenvalue weighted by atomic mass is 9.86. The van der Waals surface area contributed by atoms with E-state index in [0.717, 1.165) is 11.3 Å². The summed E-state index contributed by atoms with van der Waals surface area (Å²) in [4.78, 5) is 0. The van der Waals surface area contributed by atoms with Crippen molar-refractivity contribution in [3.05, 3.63) is 29.3 Å². The molecule has 0 aliphatic carbocycles. The average Bonchev–Trinajstić information content (AvgIpc) is 2.30. The van der Waals surface area contributed by atoms with Crippen molar-refractivity contribution in [2.45, 2.75) is 31.6 Å². The van der Waals surface area contributed by atoms with Crippen LogP contribution in [-0.2, 0) is 0 Å². The second kappa shape index (κ2) is 4.02. The van der Waals surface area contributed by atoms with Gasteiger partial charge < -0.3 is 15.2 Å². The highest BCUT2D eigenvalue weighted by Gasteiger charge is 2.42. The topological polar surface area (TPSA) is 65.3 Å². The fraction of sp³-hybridized carbons (Fsp3) is 0.462. The van der Waals surface area contributed by atoms with Gasteiger partial charge in [-0.3, -0.25) is 0 Å². The van der Waals surface area contributed by atoms with E-state index < -0.39 is 11.7 Å². The Labute approximate surface area is 101 Å². The zero-order chi connectivity index (χ0) is 12.6. The second-order valence-corrected chi connectivity index (χ2v) is 4.78. The Bertz CT molecular complexity index is 477. The lowest BCUT2D eigenvalue weighted by Gasteiger charge is -2.42. The first-order chi connectivity index (χ1) is 7.99. The summed E-state index contributed by atoms with van der Waals surface area (Å²) >= 11 is 0. The van der Waals surface area contributed by atoms with E-state index in [1.807, 2.05) is 13.8 Å². The minimum Gasteiger partial charge on any atom is -0.485 e. The quantitative estimate of drug-likeness (QED) is 0.767. The first kappa shape index (κ1) is 11.9. The molecule has 90 valence electrons. The van der Waals surface area contributed by atoms with Gasteiger partial charge >= 0.3 is 0 Å². The number of nitrogens with one attached hydrogen (secondary N) is 1. The molecule has 0 bridgehead atoms. The maximum atomic E-state index is 10.2. The minimum absolute atomic E-state index is 0.220. The third-order valence-electron chi connectivity index (χ3n) is 3.19. The first-order valence-corrected chi connectivity index (χ1v) is 5.58. The number of ether oxygens (including phenoxy) is 1. The van der Waals surface area contributed by atoms with Crippen molar-refractivity contribution in [1.29, 1.82) is 5.26 Å². The normalized spacial score (nSPS) is 25.6. The lowest BCUT2D eigenvalue weighted by Crippen LogP contribution is -2.51. The van der Waals surface area contributed by atoms with E-state index in [-0.39, 0.29) is 6.04 Å². The van der Waals surface area contributed by atoms with Crippen LogP contribution in [0.15, 0.2) is 18.2 Å². The number of nitriles is 1. The standard InChI is InChI=1S/C13H16N2O2/c1-13(2)12(16)11(15-3)9-6-8(7-14)4-5-10(9)17-13/h4-6,11-12,15-16H,1-3H3. The fourth-order valence-corrected chi connectivity index (χ4v) is 2.18. The molecule has 4 nitrogen and oxygen atoms in total. The van der Waals surface area contributed by atoms with Crippen LogP contribution in [0.2, 0.25) is 0 Å². The Kier molecular flexibility index (Phi) is 2.82. The summed E-state index contributed by atoms with van der Waals surface area (Å²) in [7, 11) is 1.79. The molecule has 0 aromatic heterocycles. The summed E-state index contributed by atoms with van der Waals surface area (Å²) in [5.74, 6) is 0.721. The van der Waals surface area contributed by atoms with E-state index in [4.69, 9.17) is 10.00 Å². The summed E-state index contributed by atoms with van der Waals surface area (Å²) in [6, 6.07) is 7.14. The average molecular weight is 232 g/mol. The van der Waals surface area contributed by atoms with Crippen LogP contribution in [-0.4, -0.2) is 23.9 Å². The number of nitrogens with zero attached hydrogens (tertiary/aromatic N) is 1. The number of hydrogen-bond donors (Lipinski definition) is 2. The highest BCUT2D eigenvalue weighted by atomic mass is 16.5. The molecule has 17 heavy (non-hydrogen) atoms. The Balaban J connectivity index is 2.53. The van der Waals surface area contributed by atoms with Gasteiger partial charge in [-0.15, -0.1) is 0 Å². The Morgan fingerprint density at radius 1 is 1.47 bits per heavy atom. The number of benzene rings is 1. The monoisotopic (exact) mass is 232 g/mol. The van der Waals surface area contributed by atoms with E-state index in [0.29, 0.717) is 5.56 Å². The third kappa shape index (κ3) is 1.88. The van der Waals surface area contributed by atoms with Crippen LogP contribution in [0.3, 0.4) is 0 Å². The summed E-state index contributed by atoms with van der Waals surface area (Å²) in [6.45, 7) is 3.70. The molecule has 4 heteroatoms. The van der Waals surface area contributed by atoms with Crippen LogP contribution >= 0.6 is 0 Å². The zero-order valence-electron chi connectivity index (χ0n) is 10.2. The summed E-state index contributed by atoms with van der Waals surface area (Å²) in [5, 5.41) is 22.2. The molecule has 1 heterocycles. The Morgan fingerprint density at radius 2 is 2.18 bits per heavy atom. The van der Waals surface area contributed by atoms with Crippen molar-refractivity contribution in [2.75, 3.05) is 7.05 Å². The van der Waals surface area contributed by atoms with Crippen LogP contribution in [0.1, 0.15) is 31.0 Å². The number of fused-ring (bicyclic) bond motifs is 1. The fourth-order valence-electron chi connectivity index (χ4n) is 2.18. The van der Waals surface area contributed by atoms with Crippen LogP contribution in [0.5, 0.6) is 5.75 Å². The number of hydrogen-bond acceptors (Lipinski definition) is 4. The van der Waals surface area contributed by atoms with Crippen molar-refractivity contribution in [3.63, 3.8) is 0 Å². The van der Waals surface area contributed by atoms with Crippen molar-refractivity contribution in [2.24, 2.45) is 0 Å². The van der Waals surface area contributed by atoms with Crippen molar-refractivity contribution >= 4 is 0 Å². The van der Waals surface area contributed by atoms with E-state index in [1.54, 1.807) is 25.2 Å². The molecule has 2 N–H and O–H groups in total. The summed E-state index contributed by atoms with van der Waals surface area (Å²) < 4.78 is 5.76. The summed E-state index contributed by atoms with van der Waals surface area (Å²) in [6.07, 6.45) is -0.658. The molecule has 0 amide bonds. The van der Waals surface area contributed by atoms with Gasteiger partial charge in [0, 0.05) is 5.56 Å². The van der Waals surface area contributed by atoms with Crippen molar-refractivity contribution < 1.29 is 9.84 Å². The molecular weight excluding hydrogens is 216 g/mol. The van der Waals surface area contributed by atoms with E-state index in [1.165, 1.54) is 0 Å². The zero-order valence-corrected chi connectivity index (χ0v) is 10.2.